The molecule has 1 aromatic carbocycles. The lowest BCUT2D eigenvalue weighted by molar-refractivity contribution is 0.202. The normalized spacial score (nSPS) is 26.6. The van der Waals surface area contributed by atoms with Gasteiger partial charge in [-0.05, 0) is 44.5 Å². The standard InChI is InChI=1S/C15H21FN4/c1-10-8-19-6-2-3-12(19)9-20(10)14-5-4-11(15(17)18)7-13(14)16/h4-5,7,10,12H,2-3,6,8-9H2,1H3,(H3,17,18). The Balaban J connectivity index is 1.86. The van der Waals surface area contributed by atoms with Crippen molar-refractivity contribution in [3.05, 3.63) is 29.6 Å². The second-order valence-electron chi connectivity index (χ2n) is 5.87. The Morgan fingerprint density at radius 2 is 2.20 bits per heavy atom. The third kappa shape index (κ3) is 2.26. The van der Waals surface area contributed by atoms with Gasteiger partial charge in [-0.2, -0.15) is 0 Å². The molecule has 2 aliphatic rings. The molecule has 0 aliphatic carbocycles. The minimum Gasteiger partial charge on any atom is -0.384 e. The zero-order valence-electron chi connectivity index (χ0n) is 11.8. The second kappa shape index (κ2) is 5.05. The first-order valence-electron chi connectivity index (χ1n) is 7.21. The number of halogens is 1. The lowest BCUT2D eigenvalue weighted by atomic mass is 10.1. The summed E-state index contributed by atoms with van der Waals surface area (Å²) in [6, 6.07) is 5.72. The number of amidine groups is 1. The van der Waals surface area contributed by atoms with Gasteiger partial charge in [-0.25, -0.2) is 4.39 Å². The van der Waals surface area contributed by atoms with E-state index in [0.717, 1.165) is 13.1 Å². The highest BCUT2D eigenvalue weighted by atomic mass is 19.1. The molecule has 20 heavy (non-hydrogen) atoms. The summed E-state index contributed by atoms with van der Waals surface area (Å²) in [5.41, 5.74) is 6.48. The van der Waals surface area contributed by atoms with E-state index in [0.29, 0.717) is 23.3 Å². The van der Waals surface area contributed by atoms with Gasteiger partial charge in [-0.15, -0.1) is 0 Å². The average Bonchev–Trinajstić information content (AvgIpc) is 2.84. The molecule has 3 N–H and O–H groups in total. The lowest BCUT2D eigenvalue weighted by Gasteiger charge is -2.43. The van der Waals surface area contributed by atoms with Crippen molar-refractivity contribution in [2.45, 2.75) is 31.8 Å². The molecule has 0 radical (unpaired) electrons. The van der Waals surface area contributed by atoms with Crippen molar-refractivity contribution >= 4 is 11.5 Å². The van der Waals surface area contributed by atoms with E-state index in [1.54, 1.807) is 12.1 Å². The van der Waals surface area contributed by atoms with Crippen molar-refractivity contribution in [3.63, 3.8) is 0 Å². The number of anilines is 1. The van der Waals surface area contributed by atoms with Gasteiger partial charge in [0.15, 0.2) is 0 Å². The van der Waals surface area contributed by atoms with Crippen LogP contribution in [0.4, 0.5) is 10.1 Å². The zero-order valence-corrected chi connectivity index (χ0v) is 11.8. The second-order valence-corrected chi connectivity index (χ2v) is 5.87. The number of nitrogens with zero attached hydrogens (tertiary/aromatic N) is 2. The first-order valence-corrected chi connectivity index (χ1v) is 7.21. The van der Waals surface area contributed by atoms with Gasteiger partial charge in [0.25, 0.3) is 0 Å². The van der Waals surface area contributed by atoms with Crippen LogP contribution >= 0.6 is 0 Å². The Kier molecular flexibility index (Phi) is 3.38. The number of benzene rings is 1. The zero-order chi connectivity index (χ0) is 14.3. The Hall–Kier alpha value is -1.62. The highest BCUT2D eigenvalue weighted by Gasteiger charge is 2.35. The fourth-order valence-electron chi connectivity index (χ4n) is 3.43. The number of rotatable bonds is 2. The Bertz CT molecular complexity index is 531. The molecule has 2 unspecified atom stereocenters. The molecular formula is C15H21FN4. The summed E-state index contributed by atoms with van der Waals surface area (Å²) >= 11 is 0. The van der Waals surface area contributed by atoms with Crippen LogP contribution in [-0.4, -0.2) is 42.5 Å². The maximum atomic E-state index is 14.3. The highest BCUT2D eigenvalue weighted by Crippen LogP contribution is 2.30. The molecule has 3 rings (SSSR count). The van der Waals surface area contributed by atoms with Gasteiger partial charge in [0, 0.05) is 30.7 Å². The molecule has 0 spiro atoms. The average molecular weight is 276 g/mol. The minimum atomic E-state index is -0.281. The van der Waals surface area contributed by atoms with Crippen molar-refractivity contribution in [1.82, 2.24) is 4.90 Å². The topological polar surface area (TPSA) is 56.4 Å². The first-order chi connectivity index (χ1) is 9.56. The summed E-state index contributed by atoms with van der Waals surface area (Å²) in [4.78, 5) is 4.68. The summed E-state index contributed by atoms with van der Waals surface area (Å²) in [5, 5.41) is 7.37. The fraction of sp³-hybridized carbons (Fsp3) is 0.533. The molecule has 2 atom stereocenters. The predicted molar refractivity (Wildman–Crippen MR) is 78.8 cm³/mol. The molecule has 0 aromatic heterocycles. The fourth-order valence-corrected chi connectivity index (χ4v) is 3.43. The van der Waals surface area contributed by atoms with Gasteiger partial charge in [0.1, 0.15) is 11.7 Å². The SMILES string of the molecule is CC1CN2CCCC2CN1c1ccc(C(=N)N)cc1F. The van der Waals surface area contributed by atoms with Gasteiger partial charge in [0.2, 0.25) is 0 Å². The quantitative estimate of drug-likeness (QED) is 0.639. The van der Waals surface area contributed by atoms with E-state index in [1.807, 2.05) is 0 Å². The van der Waals surface area contributed by atoms with Crippen LogP contribution in [0.25, 0.3) is 0 Å². The molecule has 0 bridgehead atoms. The van der Waals surface area contributed by atoms with Crippen molar-refractivity contribution in [2.75, 3.05) is 24.5 Å². The monoisotopic (exact) mass is 276 g/mol. The molecule has 1 aromatic rings. The van der Waals surface area contributed by atoms with Gasteiger partial charge >= 0.3 is 0 Å². The van der Waals surface area contributed by atoms with E-state index in [9.17, 15) is 4.39 Å². The first kappa shape index (κ1) is 13.4. The molecule has 2 saturated heterocycles. The predicted octanol–water partition coefficient (Wildman–Crippen LogP) is 1.78. The van der Waals surface area contributed by atoms with Crippen LogP contribution in [0.1, 0.15) is 25.3 Å². The number of piperazine rings is 1. The van der Waals surface area contributed by atoms with Crippen LogP contribution in [0, 0.1) is 11.2 Å². The van der Waals surface area contributed by atoms with Crippen molar-refractivity contribution in [2.24, 2.45) is 5.73 Å². The van der Waals surface area contributed by atoms with Gasteiger partial charge in [-0.1, -0.05) is 0 Å². The molecule has 2 fully saturated rings. The maximum Gasteiger partial charge on any atom is 0.147 e. The van der Waals surface area contributed by atoms with Crippen molar-refractivity contribution < 1.29 is 4.39 Å². The Morgan fingerprint density at radius 1 is 1.40 bits per heavy atom. The Labute approximate surface area is 118 Å². The summed E-state index contributed by atoms with van der Waals surface area (Å²) in [6.45, 7) is 5.21. The van der Waals surface area contributed by atoms with E-state index in [2.05, 4.69) is 16.7 Å². The third-order valence-electron chi connectivity index (χ3n) is 4.51. The van der Waals surface area contributed by atoms with Gasteiger partial charge < -0.3 is 10.6 Å². The molecule has 2 heterocycles. The molecule has 108 valence electrons. The molecule has 0 saturated carbocycles. The summed E-state index contributed by atoms with van der Waals surface area (Å²) < 4.78 is 14.3. The third-order valence-corrected chi connectivity index (χ3v) is 4.51. The van der Waals surface area contributed by atoms with Crippen LogP contribution < -0.4 is 10.6 Å². The largest absolute Gasteiger partial charge is 0.384 e. The van der Waals surface area contributed by atoms with E-state index in [4.69, 9.17) is 11.1 Å². The van der Waals surface area contributed by atoms with Crippen molar-refractivity contribution in [1.29, 1.82) is 5.41 Å². The lowest BCUT2D eigenvalue weighted by Crippen LogP contribution is -2.55. The molecule has 0 amide bonds. The number of nitrogen functional groups attached to an aromatic ring is 1. The molecule has 4 nitrogen and oxygen atoms in total. The van der Waals surface area contributed by atoms with Crippen LogP contribution in [0.5, 0.6) is 0 Å². The number of nitrogens with one attached hydrogen (secondary N) is 1. The number of fused-ring (bicyclic) bond motifs is 1. The van der Waals surface area contributed by atoms with E-state index in [1.165, 1.54) is 25.5 Å². The van der Waals surface area contributed by atoms with Crippen LogP contribution in [0.15, 0.2) is 18.2 Å². The van der Waals surface area contributed by atoms with Gasteiger partial charge in [-0.3, -0.25) is 10.3 Å². The van der Waals surface area contributed by atoms with E-state index in [-0.39, 0.29) is 11.7 Å². The summed E-state index contributed by atoms with van der Waals surface area (Å²) in [5.74, 6) is -0.375. The summed E-state index contributed by atoms with van der Waals surface area (Å²) in [7, 11) is 0. The van der Waals surface area contributed by atoms with Crippen LogP contribution in [-0.2, 0) is 0 Å². The summed E-state index contributed by atoms with van der Waals surface area (Å²) in [6.07, 6.45) is 2.45. The van der Waals surface area contributed by atoms with Gasteiger partial charge in [0.05, 0.1) is 5.69 Å². The number of hydrogen-bond acceptors (Lipinski definition) is 3. The molecular weight excluding hydrogens is 255 g/mol. The highest BCUT2D eigenvalue weighted by molar-refractivity contribution is 5.95. The Morgan fingerprint density at radius 3 is 2.90 bits per heavy atom. The number of hydrogen-bond donors (Lipinski definition) is 2. The van der Waals surface area contributed by atoms with E-state index < -0.39 is 0 Å². The van der Waals surface area contributed by atoms with Crippen LogP contribution in [0.2, 0.25) is 0 Å². The van der Waals surface area contributed by atoms with Crippen molar-refractivity contribution in [3.8, 4) is 0 Å². The van der Waals surface area contributed by atoms with E-state index >= 15 is 0 Å². The smallest absolute Gasteiger partial charge is 0.147 e. The number of nitrogens with two attached hydrogens (primary N) is 1. The minimum absolute atomic E-state index is 0.0934. The van der Waals surface area contributed by atoms with Crippen LogP contribution in [0.3, 0.4) is 0 Å². The maximum absolute atomic E-state index is 14.3. The molecule has 2 aliphatic heterocycles. The molecule has 5 heteroatoms.